The molecule has 0 unspecified atom stereocenters. The highest BCUT2D eigenvalue weighted by molar-refractivity contribution is 9.10. The van der Waals surface area contributed by atoms with E-state index in [9.17, 15) is 4.79 Å². The van der Waals surface area contributed by atoms with Crippen molar-refractivity contribution in [2.24, 2.45) is 0 Å². The molecule has 0 atom stereocenters. The van der Waals surface area contributed by atoms with Crippen molar-refractivity contribution in [2.75, 3.05) is 5.32 Å². The van der Waals surface area contributed by atoms with Crippen LogP contribution in [-0.4, -0.2) is 19.6 Å². The number of thioether (sulfide) groups is 1. The SMILES string of the molecule is Cc1cccc(Nc2nnc(SCc3cc(=O)n4cc(Br)ccc4n3)s2)c1C. The van der Waals surface area contributed by atoms with E-state index >= 15 is 0 Å². The third-order valence-electron chi connectivity index (χ3n) is 4.27. The van der Waals surface area contributed by atoms with Gasteiger partial charge in [0.1, 0.15) is 5.65 Å². The number of rotatable bonds is 5. The number of pyridine rings is 1. The molecule has 0 aliphatic carbocycles. The number of fused-ring (bicyclic) bond motifs is 1. The number of aryl methyl sites for hydroxylation is 1. The number of hydrogen-bond donors (Lipinski definition) is 1. The molecule has 0 saturated heterocycles. The molecule has 0 bridgehead atoms. The Balaban J connectivity index is 1.47. The van der Waals surface area contributed by atoms with Crippen LogP contribution in [0.4, 0.5) is 10.8 Å². The maximum Gasteiger partial charge on any atom is 0.258 e. The second-order valence-corrected chi connectivity index (χ2v) is 9.31. The molecule has 4 aromatic rings. The van der Waals surface area contributed by atoms with Crippen LogP contribution in [0.15, 0.2) is 56.2 Å². The van der Waals surface area contributed by atoms with E-state index in [4.69, 9.17) is 0 Å². The summed E-state index contributed by atoms with van der Waals surface area (Å²) in [6.07, 6.45) is 1.72. The predicted octanol–water partition coefficient (Wildman–Crippen LogP) is 4.96. The number of nitrogens with one attached hydrogen (secondary N) is 1. The highest BCUT2D eigenvalue weighted by atomic mass is 79.9. The zero-order valence-corrected chi connectivity index (χ0v) is 18.4. The lowest BCUT2D eigenvalue weighted by Crippen LogP contribution is -2.15. The zero-order valence-electron chi connectivity index (χ0n) is 15.1. The Kier molecular flexibility index (Phi) is 5.47. The fraction of sp³-hybridized carbons (Fsp3) is 0.158. The molecule has 4 rings (SSSR count). The molecule has 1 aromatic carbocycles. The summed E-state index contributed by atoms with van der Waals surface area (Å²) < 4.78 is 3.18. The lowest BCUT2D eigenvalue weighted by atomic mass is 10.1. The van der Waals surface area contributed by atoms with E-state index in [2.05, 4.69) is 56.3 Å². The summed E-state index contributed by atoms with van der Waals surface area (Å²) in [6.45, 7) is 4.16. The van der Waals surface area contributed by atoms with Gasteiger partial charge < -0.3 is 5.32 Å². The van der Waals surface area contributed by atoms with Gasteiger partial charge in [-0.15, -0.1) is 10.2 Å². The van der Waals surface area contributed by atoms with E-state index in [1.54, 1.807) is 12.3 Å². The van der Waals surface area contributed by atoms with Crippen molar-refractivity contribution < 1.29 is 0 Å². The first-order valence-corrected chi connectivity index (χ1v) is 11.1. The van der Waals surface area contributed by atoms with E-state index in [0.717, 1.165) is 25.3 Å². The molecule has 0 aliphatic heterocycles. The molecule has 9 heteroatoms. The van der Waals surface area contributed by atoms with Gasteiger partial charge in [0.2, 0.25) is 5.13 Å². The van der Waals surface area contributed by atoms with Crippen LogP contribution in [0.5, 0.6) is 0 Å². The van der Waals surface area contributed by atoms with E-state index in [1.165, 1.54) is 38.6 Å². The number of halogens is 1. The Labute approximate surface area is 178 Å². The first-order chi connectivity index (χ1) is 13.5. The van der Waals surface area contributed by atoms with Gasteiger partial charge in [-0.25, -0.2) is 4.98 Å². The van der Waals surface area contributed by atoms with E-state index in [0.29, 0.717) is 11.4 Å². The summed E-state index contributed by atoms with van der Waals surface area (Å²) in [5, 5.41) is 12.5. The van der Waals surface area contributed by atoms with Crippen LogP contribution < -0.4 is 10.9 Å². The Morgan fingerprint density at radius 1 is 1.21 bits per heavy atom. The maximum atomic E-state index is 12.3. The van der Waals surface area contributed by atoms with Crippen molar-refractivity contribution in [1.82, 2.24) is 19.6 Å². The molecular formula is C19H16BrN5OS2. The van der Waals surface area contributed by atoms with Gasteiger partial charge in [0.15, 0.2) is 4.34 Å². The predicted molar refractivity (Wildman–Crippen MR) is 118 cm³/mol. The zero-order chi connectivity index (χ0) is 19.7. The Hall–Kier alpha value is -2.23. The number of hydrogen-bond acceptors (Lipinski definition) is 7. The monoisotopic (exact) mass is 473 g/mol. The van der Waals surface area contributed by atoms with Crippen LogP contribution in [0.1, 0.15) is 16.8 Å². The van der Waals surface area contributed by atoms with E-state index in [-0.39, 0.29) is 5.56 Å². The maximum absolute atomic E-state index is 12.3. The molecule has 6 nitrogen and oxygen atoms in total. The van der Waals surface area contributed by atoms with Crippen molar-refractivity contribution in [3.63, 3.8) is 0 Å². The third-order valence-corrected chi connectivity index (χ3v) is 6.75. The fourth-order valence-electron chi connectivity index (χ4n) is 2.66. The Morgan fingerprint density at radius 2 is 2.07 bits per heavy atom. The molecule has 28 heavy (non-hydrogen) atoms. The van der Waals surface area contributed by atoms with Gasteiger partial charge in [-0.3, -0.25) is 9.20 Å². The van der Waals surface area contributed by atoms with Gasteiger partial charge in [-0.05, 0) is 59.1 Å². The summed E-state index contributed by atoms with van der Waals surface area (Å²) in [7, 11) is 0. The molecule has 3 heterocycles. The molecule has 142 valence electrons. The minimum atomic E-state index is -0.101. The van der Waals surface area contributed by atoms with Crippen LogP contribution in [-0.2, 0) is 5.75 Å². The van der Waals surface area contributed by atoms with Gasteiger partial charge in [0, 0.05) is 28.2 Å². The molecule has 0 amide bonds. The first kappa shape index (κ1) is 19.1. The van der Waals surface area contributed by atoms with Crippen LogP contribution in [0.25, 0.3) is 5.65 Å². The highest BCUT2D eigenvalue weighted by Crippen LogP contribution is 2.30. The van der Waals surface area contributed by atoms with Gasteiger partial charge in [0.05, 0.1) is 5.69 Å². The lowest BCUT2D eigenvalue weighted by molar-refractivity contribution is 0.998. The standard InChI is InChI=1S/C19H16BrN5OS2/c1-11-4-3-5-15(12(11)2)22-18-23-24-19(28-18)27-10-14-8-17(26)25-9-13(20)6-7-16(25)21-14/h3-9H,10H2,1-2H3,(H,22,23). The molecule has 0 saturated carbocycles. The Morgan fingerprint density at radius 3 is 2.93 bits per heavy atom. The third kappa shape index (κ3) is 4.11. The molecule has 0 radical (unpaired) electrons. The minimum absolute atomic E-state index is 0.101. The second-order valence-electron chi connectivity index (χ2n) is 6.20. The quantitative estimate of drug-likeness (QED) is 0.412. The van der Waals surface area contributed by atoms with Crippen molar-refractivity contribution in [2.45, 2.75) is 23.9 Å². The van der Waals surface area contributed by atoms with Crippen molar-refractivity contribution >= 4 is 55.5 Å². The van der Waals surface area contributed by atoms with E-state index < -0.39 is 0 Å². The van der Waals surface area contributed by atoms with Crippen LogP contribution in [0.3, 0.4) is 0 Å². The van der Waals surface area contributed by atoms with Gasteiger partial charge in [-0.1, -0.05) is 35.2 Å². The molecule has 0 fully saturated rings. The molecule has 3 aromatic heterocycles. The first-order valence-electron chi connectivity index (χ1n) is 8.47. The molecule has 0 aliphatic rings. The largest absolute Gasteiger partial charge is 0.330 e. The summed E-state index contributed by atoms with van der Waals surface area (Å²) in [4.78, 5) is 16.8. The Bertz CT molecular complexity index is 1220. The number of anilines is 2. The van der Waals surface area contributed by atoms with Gasteiger partial charge in [-0.2, -0.15) is 0 Å². The van der Waals surface area contributed by atoms with Gasteiger partial charge in [0.25, 0.3) is 5.56 Å². The topological polar surface area (TPSA) is 72.2 Å². The normalized spacial score (nSPS) is 11.1. The van der Waals surface area contributed by atoms with E-state index in [1.807, 2.05) is 24.3 Å². The van der Waals surface area contributed by atoms with Gasteiger partial charge >= 0.3 is 0 Å². The van der Waals surface area contributed by atoms with Crippen LogP contribution in [0, 0.1) is 13.8 Å². The molecule has 0 spiro atoms. The number of nitrogens with zero attached hydrogens (tertiary/aromatic N) is 4. The van der Waals surface area contributed by atoms with Crippen molar-refractivity contribution in [1.29, 1.82) is 0 Å². The molecular weight excluding hydrogens is 458 g/mol. The summed E-state index contributed by atoms with van der Waals surface area (Å²) >= 11 is 6.37. The fourth-order valence-corrected chi connectivity index (χ4v) is 4.65. The minimum Gasteiger partial charge on any atom is -0.330 e. The number of benzene rings is 1. The average molecular weight is 474 g/mol. The number of aromatic nitrogens is 4. The summed E-state index contributed by atoms with van der Waals surface area (Å²) in [5.74, 6) is 0.555. The molecule has 1 N–H and O–H groups in total. The van der Waals surface area contributed by atoms with Crippen molar-refractivity contribution in [3.05, 3.63) is 74.2 Å². The lowest BCUT2D eigenvalue weighted by Gasteiger charge is -2.08. The highest BCUT2D eigenvalue weighted by Gasteiger charge is 2.09. The summed E-state index contributed by atoms with van der Waals surface area (Å²) in [6, 6.07) is 11.4. The van der Waals surface area contributed by atoms with Crippen LogP contribution in [0.2, 0.25) is 0 Å². The smallest absolute Gasteiger partial charge is 0.258 e. The second kappa shape index (κ2) is 8.02. The average Bonchev–Trinajstić information content (AvgIpc) is 3.12. The van der Waals surface area contributed by atoms with Crippen molar-refractivity contribution in [3.8, 4) is 0 Å². The summed E-state index contributed by atoms with van der Waals surface area (Å²) in [5.41, 5.74) is 4.70. The van der Waals surface area contributed by atoms with Crippen LogP contribution >= 0.6 is 39.0 Å².